The molecule has 0 aliphatic heterocycles. The normalized spacial score (nSPS) is 10.8. The summed E-state index contributed by atoms with van der Waals surface area (Å²) in [6.45, 7) is 24.0. The van der Waals surface area contributed by atoms with E-state index in [1.807, 2.05) is 0 Å². The number of rotatable bonds is 10. The number of benzene rings is 3. The van der Waals surface area contributed by atoms with Gasteiger partial charge in [0.1, 0.15) is 0 Å². The maximum absolute atomic E-state index is 3.29. The van der Waals surface area contributed by atoms with Crippen molar-refractivity contribution in [2.45, 2.75) is 69.2 Å². The Balaban J connectivity index is 0.00000756. The van der Waals surface area contributed by atoms with Crippen LogP contribution in [0.3, 0.4) is 0 Å². The van der Waals surface area contributed by atoms with Gasteiger partial charge >= 0.3 is 21.7 Å². The van der Waals surface area contributed by atoms with Crippen molar-refractivity contribution in [1.29, 1.82) is 0 Å². The third-order valence-electron chi connectivity index (χ3n) is 12.2. The Morgan fingerprint density at radius 1 is 0.357 bits per heavy atom. The summed E-state index contributed by atoms with van der Waals surface area (Å²) >= 11 is 0. The second kappa shape index (κ2) is 19.6. The van der Waals surface area contributed by atoms with Crippen LogP contribution in [0.2, 0.25) is 0 Å². The van der Waals surface area contributed by atoms with Gasteiger partial charge in [0.2, 0.25) is 0 Å². The third-order valence-corrected chi connectivity index (χ3v) is 18.2. The van der Waals surface area contributed by atoms with Crippen LogP contribution in [-0.2, 0) is 21.7 Å². The number of halogens is 3. The van der Waals surface area contributed by atoms with Gasteiger partial charge in [0.25, 0.3) is 0 Å². The molecule has 0 bridgehead atoms. The van der Waals surface area contributed by atoms with E-state index >= 15 is 0 Å². The van der Waals surface area contributed by atoms with E-state index in [4.69, 9.17) is 0 Å². The molecule has 56 heavy (non-hydrogen) atoms. The van der Waals surface area contributed by atoms with Crippen molar-refractivity contribution >= 4 is 62.9 Å². The maximum Gasteiger partial charge on any atom is 4.00 e. The molecule has 0 aliphatic rings. The first kappa shape index (κ1) is 53.6. The monoisotopic (exact) mass is 874 g/mol. The van der Waals surface area contributed by atoms with Gasteiger partial charge in [0.15, 0.2) is 8.07 Å². The summed E-state index contributed by atoms with van der Waals surface area (Å²) in [5.74, 6) is 0. The van der Waals surface area contributed by atoms with Crippen molar-refractivity contribution in [3.63, 3.8) is 0 Å². The van der Waals surface area contributed by atoms with Crippen molar-refractivity contribution in [3.8, 4) is 0 Å². The van der Waals surface area contributed by atoms with Crippen LogP contribution in [0.4, 0.5) is 34.1 Å². The summed E-state index contributed by atoms with van der Waals surface area (Å²) in [5.41, 5.74) is 21.6. The minimum Gasteiger partial charge on any atom is -1.00 e. The van der Waals surface area contributed by atoms with Crippen molar-refractivity contribution < 1.29 is 58.9 Å². The number of hydrogen-bond acceptors (Lipinski definition) is 6. The summed E-state index contributed by atoms with van der Waals surface area (Å²) in [7, 11) is 23.2. The smallest absolute Gasteiger partial charge is 1.00 e. The summed E-state index contributed by atoms with van der Waals surface area (Å²) in [6.07, 6.45) is 0. The summed E-state index contributed by atoms with van der Waals surface area (Å²) < 4.78 is 0. The first-order valence-corrected chi connectivity index (χ1v) is 20.7. The molecule has 0 N–H and O–H groups in total. The Bertz CT molecular complexity index is 1730. The molecule has 0 aromatic heterocycles. The van der Waals surface area contributed by atoms with Crippen molar-refractivity contribution in [3.05, 3.63) is 73.8 Å². The molecule has 4 aromatic carbocycles. The molecule has 0 saturated heterocycles. The topological polar surface area (TPSA) is 19.4 Å². The molecule has 0 unspecified atom stereocenters. The molecule has 0 fully saturated rings. The van der Waals surface area contributed by atoms with Crippen molar-refractivity contribution in [2.75, 3.05) is 114 Å². The Morgan fingerprint density at radius 2 is 0.554 bits per heavy atom. The van der Waals surface area contributed by atoms with Gasteiger partial charge in [0, 0.05) is 119 Å². The predicted molar refractivity (Wildman–Crippen MR) is 239 cm³/mol. The van der Waals surface area contributed by atoms with Crippen LogP contribution < -0.4 is 87.4 Å². The van der Waals surface area contributed by atoms with Gasteiger partial charge in [-0.15, -0.1) is 0 Å². The van der Waals surface area contributed by atoms with Gasteiger partial charge in [0.05, 0.1) is 0 Å². The van der Waals surface area contributed by atoms with Gasteiger partial charge in [-0.25, -0.2) is 0 Å². The fourth-order valence-corrected chi connectivity index (χ4v) is 16.8. The van der Waals surface area contributed by atoms with Crippen LogP contribution in [0.5, 0.6) is 0 Å². The van der Waals surface area contributed by atoms with E-state index in [0.717, 1.165) is 0 Å². The van der Waals surface area contributed by atoms with Crippen LogP contribution >= 0.6 is 0 Å². The average Bonchev–Trinajstić information content (AvgIpc) is 3.21. The van der Waals surface area contributed by atoms with Crippen molar-refractivity contribution in [2.24, 2.45) is 0 Å². The second-order valence-electron chi connectivity index (χ2n) is 16.6. The molecule has 0 saturated carbocycles. The molecule has 308 valence electrons. The van der Waals surface area contributed by atoms with Gasteiger partial charge in [-0.2, -0.15) is 27.4 Å². The second-order valence-corrected chi connectivity index (χ2v) is 20.1. The number of nitrogens with zero attached hydrogens (tertiary/aromatic N) is 6. The fraction of sp³-hybridized carbons (Fsp3) is 0.489. The Kier molecular flexibility index (Phi) is 18.7. The SMILES string of the molecule is Cc1c(N(C)C)cc(N(C)C)c(C)c1[Si](c1c(C)c(N(C)C)cc(N(C)C)c1C)(c1c(C)c(N(C)C)cc(N(C)C)c1C)c1c(C)c(C)c(C)[c-]1C.[Cl-].[Cl-].[Cl-].[Ti+4]. The molecule has 4 aromatic rings. The zero-order valence-electron chi connectivity index (χ0n) is 38.5. The zero-order valence-corrected chi connectivity index (χ0v) is 43.4. The van der Waals surface area contributed by atoms with E-state index < -0.39 is 8.07 Å². The zero-order chi connectivity index (χ0) is 39.6. The molecule has 11 heteroatoms. The average molecular weight is 876 g/mol. The maximum atomic E-state index is 2.42. The molecule has 0 amide bonds. The van der Waals surface area contributed by atoms with E-state index in [2.05, 4.69) is 201 Å². The molecular weight excluding hydrogens is 807 g/mol. The van der Waals surface area contributed by atoms with Gasteiger partial charge in [-0.3, -0.25) is 0 Å². The Morgan fingerprint density at radius 3 is 0.696 bits per heavy atom. The molecule has 4 rings (SSSR count). The van der Waals surface area contributed by atoms with Crippen LogP contribution in [0, 0.1) is 69.2 Å². The molecule has 0 spiro atoms. The van der Waals surface area contributed by atoms with E-state index in [-0.39, 0.29) is 58.9 Å². The standard InChI is InChI=1S/C45H69N6Si.3ClH.Ti/c1-26-27(2)29(4)42(28(26)3)52(43-30(5)36(46(11)12)23-37(31(43)6)47(13)14,44-32(7)38(48(15)16)24-39(33(44)8)49(17)18)45-34(9)40(50(19)20)25-41(35(45)10)51(21)22;;;;/h23-25H,1-22H3;3*1H;/q-1;;;;+4/p-3. The number of anilines is 6. The number of hydrogen-bond donors (Lipinski definition) is 0. The quantitative estimate of drug-likeness (QED) is 0.0975. The minimum absolute atomic E-state index is 0. The molecule has 0 radical (unpaired) electrons. The van der Waals surface area contributed by atoms with E-state index in [1.54, 1.807) is 5.19 Å². The third kappa shape index (κ3) is 8.38. The fourth-order valence-electron chi connectivity index (χ4n) is 9.66. The molecule has 0 atom stereocenters. The molecular formula is C45H69Cl3N6SiTi. The largest absolute Gasteiger partial charge is 4.00 e. The molecule has 6 nitrogen and oxygen atoms in total. The van der Waals surface area contributed by atoms with Crippen LogP contribution in [0.15, 0.2) is 18.2 Å². The minimum atomic E-state index is -3.29. The summed E-state index contributed by atoms with van der Waals surface area (Å²) in [6, 6.07) is 7.24. The van der Waals surface area contributed by atoms with E-state index in [1.165, 1.54) is 105 Å². The van der Waals surface area contributed by atoms with Crippen LogP contribution in [0.1, 0.15) is 55.6 Å². The Labute approximate surface area is 376 Å². The predicted octanol–water partition coefficient (Wildman–Crippen LogP) is -2.73. The molecule has 0 heterocycles. The van der Waals surface area contributed by atoms with Gasteiger partial charge in [-0.1, -0.05) is 27.7 Å². The van der Waals surface area contributed by atoms with Crippen LogP contribution in [-0.4, -0.2) is 92.6 Å². The van der Waals surface area contributed by atoms with E-state index in [0.29, 0.717) is 0 Å². The first-order valence-electron chi connectivity index (χ1n) is 18.7. The Hall–Kier alpha value is -2.39. The van der Waals surface area contributed by atoms with Gasteiger partial charge in [-0.05, 0) is 109 Å². The molecule has 0 aliphatic carbocycles. The van der Waals surface area contributed by atoms with Crippen LogP contribution in [0.25, 0.3) is 0 Å². The van der Waals surface area contributed by atoms with Gasteiger partial charge < -0.3 is 66.6 Å². The summed E-state index contributed by atoms with van der Waals surface area (Å²) in [5, 5.41) is 6.08. The van der Waals surface area contributed by atoms with Crippen molar-refractivity contribution in [1.82, 2.24) is 0 Å². The first-order chi connectivity index (χ1) is 24.0. The van der Waals surface area contributed by atoms with E-state index in [9.17, 15) is 0 Å². The summed E-state index contributed by atoms with van der Waals surface area (Å²) in [4.78, 5) is 14.0.